The molecular formula is C12H18F2O5. The Hall–Kier alpha value is -1.92. The van der Waals surface area contributed by atoms with Crippen molar-refractivity contribution in [2.45, 2.75) is 38.0 Å². The quantitative estimate of drug-likeness (QED) is 0.501. The Labute approximate surface area is 110 Å². The van der Waals surface area contributed by atoms with Crippen molar-refractivity contribution < 1.29 is 33.3 Å². The van der Waals surface area contributed by atoms with Gasteiger partial charge in [-0.1, -0.05) is 19.6 Å². The Morgan fingerprint density at radius 2 is 1.63 bits per heavy atom. The van der Waals surface area contributed by atoms with E-state index in [1.807, 2.05) is 0 Å². The lowest BCUT2D eigenvalue weighted by Crippen LogP contribution is -2.27. The van der Waals surface area contributed by atoms with Crippen molar-refractivity contribution in [3.8, 4) is 0 Å². The molecule has 0 aliphatic rings. The van der Waals surface area contributed by atoms with Gasteiger partial charge in [0.25, 0.3) is 0 Å². The van der Waals surface area contributed by atoms with Gasteiger partial charge in [0.1, 0.15) is 0 Å². The van der Waals surface area contributed by atoms with Gasteiger partial charge < -0.3 is 14.9 Å². The molecule has 0 amide bonds. The van der Waals surface area contributed by atoms with Crippen LogP contribution in [0, 0.1) is 0 Å². The van der Waals surface area contributed by atoms with Gasteiger partial charge in [-0.2, -0.15) is 8.78 Å². The van der Waals surface area contributed by atoms with Crippen molar-refractivity contribution in [2.75, 3.05) is 0 Å². The van der Waals surface area contributed by atoms with Gasteiger partial charge in [-0.15, -0.1) is 0 Å². The third kappa shape index (κ3) is 14.0. The maximum atomic E-state index is 12.4. The Morgan fingerprint density at radius 1 is 1.11 bits per heavy atom. The van der Waals surface area contributed by atoms with Gasteiger partial charge in [0, 0.05) is 12.8 Å². The van der Waals surface area contributed by atoms with Gasteiger partial charge in [-0.25, -0.2) is 4.79 Å². The number of hydrogen-bond donors (Lipinski definition) is 2. The molecule has 0 aromatic carbocycles. The Morgan fingerprint density at radius 3 is 1.95 bits per heavy atom. The fraction of sp³-hybridized carbons (Fsp3) is 0.500. The Bertz CT molecular complexity index is 296. The standard InChI is InChI=1S/C8H12F2O4.C4H6O/c9-8(10,7(13)14)5-3-1-2-4-6(11)12;1-3-5-4-2/h1-5H2,(H,11,12)(H,13,14);3-4H,1-2H2. The van der Waals surface area contributed by atoms with Gasteiger partial charge in [0.2, 0.25) is 0 Å². The van der Waals surface area contributed by atoms with E-state index in [1.165, 1.54) is 12.5 Å². The van der Waals surface area contributed by atoms with Gasteiger partial charge in [-0.05, 0) is 12.8 Å². The maximum absolute atomic E-state index is 12.4. The van der Waals surface area contributed by atoms with Crippen LogP contribution < -0.4 is 0 Å². The summed E-state index contributed by atoms with van der Waals surface area (Å²) in [5.74, 6) is -6.80. The van der Waals surface area contributed by atoms with Crippen molar-refractivity contribution in [3.05, 3.63) is 25.7 Å². The van der Waals surface area contributed by atoms with Crippen LogP contribution in [0.2, 0.25) is 0 Å². The first-order valence-corrected chi connectivity index (χ1v) is 5.48. The predicted octanol–water partition coefficient (Wildman–Crippen LogP) is 3.03. The van der Waals surface area contributed by atoms with E-state index in [-0.39, 0.29) is 12.8 Å². The number of carboxylic acid groups (broad SMARTS) is 2. The minimum absolute atomic E-state index is 0.0204. The molecule has 0 rings (SSSR count). The Kier molecular flexibility index (Phi) is 11.4. The van der Waals surface area contributed by atoms with Crippen LogP contribution in [0.4, 0.5) is 8.78 Å². The second kappa shape index (κ2) is 11.2. The average molecular weight is 280 g/mol. The summed E-state index contributed by atoms with van der Waals surface area (Å²) in [7, 11) is 0. The molecule has 110 valence electrons. The smallest absolute Gasteiger partial charge is 0.374 e. The second-order valence-electron chi connectivity index (χ2n) is 3.43. The van der Waals surface area contributed by atoms with E-state index >= 15 is 0 Å². The van der Waals surface area contributed by atoms with Crippen LogP contribution in [0.1, 0.15) is 32.1 Å². The highest BCUT2D eigenvalue weighted by atomic mass is 19.3. The van der Waals surface area contributed by atoms with Crippen molar-refractivity contribution in [1.29, 1.82) is 0 Å². The SMILES string of the molecule is C=COC=C.O=C(O)CCCCCC(F)(F)C(=O)O. The van der Waals surface area contributed by atoms with Crippen LogP contribution in [0.15, 0.2) is 25.7 Å². The molecule has 0 saturated heterocycles. The largest absolute Gasteiger partial charge is 0.481 e. The maximum Gasteiger partial charge on any atom is 0.374 e. The van der Waals surface area contributed by atoms with Gasteiger partial charge in [0.05, 0.1) is 12.5 Å². The zero-order chi connectivity index (χ0) is 15.3. The zero-order valence-electron chi connectivity index (χ0n) is 10.5. The average Bonchev–Trinajstić information content (AvgIpc) is 2.29. The molecule has 0 bridgehead atoms. The first kappa shape index (κ1) is 19.4. The van der Waals surface area contributed by atoms with Crippen LogP contribution in [-0.2, 0) is 14.3 Å². The highest BCUT2D eigenvalue weighted by Crippen LogP contribution is 2.22. The molecule has 7 heteroatoms. The normalized spacial score (nSPS) is 9.79. The van der Waals surface area contributed by atoms with Crippen molar-refractivity contribution in [1.82, 2.24) is 0 Å². The minimum atomic E-state index is -3.69. The number of carboxylic acids is 2. The topological polar surface area (TPSA) is 83.8 Å². The number of aliphatic carboxylic acids is 2. The van der Waals surface area contributed by atoms with Crippen LogP contribution in [-0.4, -0.2) is 28.1 Å². The molecule has 0 aromatic heterocycles. The van der Waals surface area contributed by atoms with E-state index in [0.717, 1.165) is 0 Å². The Balaban J connectivity index is 0. The molecule has 0 aliphatic heterocycles. The lowest BCUT2D eigenvalue weighted by molar-refractivity contribution is -0.165. The van der Waals surface area contributed by atoms with E-state index in [0.29, 0.717) is 12.8 Å². The minimum Gasteiger partial charge on any atom is -0.481 e. The van der Waals surface area contributed by atoms with Crippen LogP contribution in [0.5, 0.6) is 0 Å². The number of ether oxygens (including phenoxy) is 1. The van der Waals surface area contributed by atoms with Gasteiger partial charge in [-0.3, -0.25) is 4.79 Å². The van der Waals surface area contributed by atoms with E-state index in [1.54, 1.807) is 0 Å². The van der Waals surface area contributed by atoms with Crippen LogP contribution in [0.3, 0.4) is 0 Å². The third-order valence-corrected chi connectivity index (χ3v) is 1.89. The number of rotatable bonds is 9. The number of alkyl halides is 2. The first-order chi connectivity index (χ1) is 8.77. The second-order valence-corrected chi connectivity index (χ2v) is 3.43. The summed E-state index contributed by atoms with van der Waals surface area (Å²) < 4.78 is 29.2. The lowest BCUT2D eigenvalue weighted by Gasteiger charge is -2.09. The first-order valence-electron chi connectivity index (χ1n) is 5.48. The molecular weight excluding hydrogens is 262 g/mol. The molecule has 5 nitrogen and oxygen atoms in total. The monoisotopic (exact) mass is 280 g/mol. The van der Waals surface area contributed by atoms with Crippen molar-refractivity contribution in [3.63, 3.8) is 0 Å². The van der Waals surface area contributed by atoms with Crippen molar-refractivity contribution in [2.24, 2.45) is 0 Å². The molecule has 0 heterocycles. The molecule has 0 aliphatic carbocycles. The fourth-order valence-electron chi connectivity index (χ4n) is 0.975. The third-order valence-electron chi connectivity index (χ3n) is 1.89. The summed E-state index contributed by atoms with van der Waals surface area (Å²) >= 11 is 0. The molecule has 2 N–H and O–H groups in total. The summed E-state index contributed by atoms with van der Waals surface area (Å²) in [4.78, 5) is 20.0. The van der Waals surface area contributed by atoms with Crippen LogP contribution >= 0.6 is 0 Å². The lowest BCUT2D eigenvalue weighted by atomic mass is 10.1. The summed E-state index contributed by atoms with van der Waals surface area (Å²) in [6, 6.07) is 0. The molecule has 0 atom stereocenters. The zero-order valence-corrected chi connectivity index (χ0v) is 10.5. The molecule has 0 spiro atoms. The predicted molar refractivity (Wildman–Crippen MR) is 64.8 cm³/mol. The van der Waals surface area contributed by atoms with E-state index in [2.05, 4.69) is 17.9 Å². The van der Waals surface area contributed by atoms with E-state index in [9.17, 15) is 18.4 Å². The number of hydrogen-bond acceptors (Lipinski definition) is 3. The summed E-state index contributed by atoms with van der Waals surface area (Å²) in [5, 5.41) is 16.3. The number of carbonyl (C=O) groups is 2. The summed E-state index contributed by atoms with van der Waals surface area (Å²) in [6.07, 6.45) is 2.44. The van der Waals surface area contributed by atoms with Crippen LogP contribution in [0.25, 0.3) is 0 Å². The molecule has 0 saturated carbocycles. The fourth-order valence-corrected chi connectivity index (χ4v) is 0.975. The van der Waals surface area contributed by atoms with E-state index < -0.39 is 24.3 Å². The van der Waals surface area contributed by atoms with Crippen molar-refractivity contribution >= 4 is 11.9 Å². The molecule has 0 aromatic rings. The molecule has 0 fully saturated rings. The number of unbranched alkanes of at least 4 members (excludes halogenated alkanes) is 2. The molecule has 0 unspecified atom stereocenters. The van der Waals surface area contributed by atoms with Gasteiger partial charge in [0.15, 0.2) is 0 Å². The summed E-state index contributed by atoms with van der Waals surface area (Å²) in [6.45, 7) is 6.51. The highest BCUT2D eigenvalue weighted by Gasteiger charge is 2.37. The molecule has 19 heavy (non-hydrogen) atoms. The number of halogens is 2. The van der Waals surface area contributed by atoms with E-state index in [4.69, 9.17) is 10.2 Å². The summed E-state index contributed by atoms with van der Waals surface area (Å²) in [5.41, 5.74) is 0. The highest BCUT2D eigenvalue weighted by molar-refractivity contribution is 5.75. The molecule has 0 radical (unpaired) electrons. The van der Waals surface area contributed by atoms with Gasteiger partial charge >= 0.3 is 17.9 Å².